The van der Waals surface area contributed by atoms with Crippen LogP contribution < -0.4 is 0 Å². The molecule has 1 unspecified atom stereocenters. The number of allylic oxidation sites excluding steroid dienone is 1. The minimum atomic E-state index is -1.05. The fraction of sp³-hybridized carbons (Fsp3) is 0.167. The largest absolute Gasteiger partial charge is 0.508 e. The van der Waals surface area contributed by atoms with Gasteiger partial charge in [-0.2, -0.15) is 0 Å². The van der Waals surface area contributed by atoms with Gasteiger partial charge in [0.1, 0.15) is 23.5 Å². The first kappa shape index (κ1) is 17.5. The highest BCUT2D eigenvalue weighted by molar-refractivity contribution is 5.80. The Morgan fingerprint density at radius 1 is 0.958 bits per heavy atom. The average molecular weight is 330 g/mol. The number of carbonyl (C=O) groups excluding carboxylic acids is 1. The van der Waals surface area contributed by atoms with E-state index in [1.165, 1.54) is 18.2 Å². The molecule has 0 bridgehead atoms. The third-order valence-electron chi connectivity index (χ3n) is 3.54. The van der Waals surface area contributed by atoms with Crippen LogP contribution in [-0.4, -0.2) is 44.5 Å². The van der Waals surface area contributed by atoms with Crippen molar-refractivity contribution in [1.82, 2.24) is 0 Å². The molecule has 0 spiro atoms. The molecule has 0 aliphatic heterocycles. The molecular formula is C18H18O6. The number of carbonyl (C=O) groups is 1. The molecule has 0 heterocycles. The van der Waals surface area contributed by atoms with E-state index in [1.54, 1.807) is 18.2 Å². The van der Waals surface area contributed by atoms with Crippen molar-refractivity contribution in [3.05, 3.63) is 47.5 Å². The van der Waals surface area contributed by atoms with E-state index in [-0.39, 0.29) is 29.2 Å². The topological polar surface area (TPSA) is 118 Å². The number of hydrogen-bond acceptors (Lipinski definition) is 6. The van der Waals surface area contributed by atoms with E-state index in [0.717, 1.165) is 6.07 Å². The van der Waals surface area contributed by atoms with Gasteiger partial charge in [0.15, 0.2) is 0 Å². The molecule has 0 aliphatic rings. The van der Waals surface area contributed by atoms with E-state index in [2.05, 4.69) is 0 Å². The lowest BCUT2D eigenvalue weighted by molar-refractivity contribution is -0.104. The van der Waals surface area contributed by atoms with Crippen molar-refractivity contribution >= 4 is 12.4 Å². The number of phenolic OH excluding ortho intramolecular Hbond substituents is 3. The van der Waals surface area contributed by atoms with Crippen LogP contribution >= 0.6 is 0 Å². The minimum Gasteiger partial charge on any atom is -0.508 e. The Morgan fingerprint density at radius 3 is 2.33 bits per heavy atom. The van der Waals surface area contributed by atoms with E-state index in [0.29, 0.717) is 23.0 Å². The Morgan fingerprint density at radius 2 is 1.67 bits per heavy atom. The molecule has 6 nitrogen and oxygen atoms in total. The van der Waals surface area contributed by atoms with Gasteiger partial charge in [-0.25, -0.2) is 0 Å². The van der Waals surface area contributed by atoms with E-state index in [4.69, 9.17) is 5.11 Å². The molecule has 0 radical (unpaired) electrons. The lowest BCUT2D eigenvalue weighted by atomic mass is 9.96. The number of aromatic hydroxyl groups is 3. The molecule has 1 atom stereocenters. The Kier molecular flexibility index (Phi) is 5.57. The van der Waals surface area contributed by atoms with Gasteiger partial charge in [0.2, 0.25) is 0 Å². The lowest BCUT2D eigenvalue weighted by Gasteiger charge is -2.14. The van der Waals surface area contributed by atoms with Crippen molar-refractivity contribution in [3.8, 4) is 28.4 Å². The maximum absolute atomic E-state index is 10.4. The van der Waals surface area contributed by atoms with Gasteiger partial charge < -0.3 is 25.5 Å². The van der Waals surface area contributed by atoms with Crippen LogP contribution in [0.25, 0.3) is 17.2 Å². The normalized spacial score (nSPS) is 12.4. The Hall–Kier alpha value is -2.83. The van der Waals surface area contributed by atoms with Gasteiger partial charge in [-0.3, -0.25) is 4.79 Å². The number of aldehydes is 1. The molecule has 126 valence electrons. The summed E-state index contributed by atoms with van der Waals surface area (Å²) in [4.78, 5) is 10.4. The van der Waals surface area contributed by atoms with Gasteiger partial charge >= 0.3 is 0 Å². The van der Waals surface area contributed by atoms with Gasteiger partial charge in [-0.15, -0.1) is 0 Å². The zero-order valence-corrected chi connectivity index (χ0v) is 12.8. The molecule has 2 aromatic carbocycles. The standard InChI is InChI=1S/C18H18O6/c19-5-1-2-11-3-4-16(22)14(6-11)15-8-12(7-13(21)10-20)17(23)9-18(15)24/h1-6,8-9,13,20-24H,7,10H2/b2-1+. The molecule has 0 aliphatic carbocycles. The zero-order valence-electron chi connectivity index (χ0n) is 12.8. The van der Waals surface area contributed by atoms with Crippen molar-refractivity contribution in [3.63, 3.8) is 0 Å². The SMILES string of the molecule is O=C/C=C/c1ccc(O)c(-c2cc(CC(O)CO)c(O)cc2O)c1. The molecule has 0 fully saturated rings. The maximum atomic E-state index is 10.4. The summed E-state index contributed by atoms with van der Waals surface area (Å²) in [5.41, 5.74) is 1.52. The van der Waals surface area contributed by atoms with Crippen molar-refractivity contribution in [2.24, 2.45) is 0 Å². The molecule has 0 saturated heterocycles. The summed E-state index contributed by atoms with van der Waals surface area (Å²) in [5, 5.41) is 48.5. The number of phenols is 3. The van der Waals surface area contributed by atoms with E-state index in [1.807, 2.05) is 0 Å². The number of aliphatic hydroxyl groups excluding tert-OH is 2. The lowest BCUT2D eigenvalue weighted by Crippen LogP contribution is -2.15. The van der Waals surface area contributed by atoms with E-state index in [9.17, 15) is 25.2 Å². The highest BCUT2D eigenvalue weighted by Crippen LogP contribution is 2.39. The van der Waals surface area contributed by atoms with Crippen molar-refractivity contribution in [2.75, 3.05) is 6.61 Å². The van der Waals surface area contributed by atoms with Crippen LogP contribution in [-0.2, 0) is 11.2 Å². The first-order valence-electron chi connectivity index (χ1n) is 7.25. The van der Waals surface area contributed by atoms with Crippen molar-refractivity contribution in [1.29, 1.82) is 0 Å². The maximum Gasteiger partial charge on any atom is 0.142 e. The highest BCUT2D eigenvalue weighted by Gasteiger charge is 2.16. The summed E-state index contributed by atoms with van der Waals surface area (Å²) in [6.07, 6.45) is 2.41. The summed E-state index contributed by atoms with van der Waals surface area (Å²) < 4.78 is 0. The molecule has 0 aromatic heterocycles. The quantitative estimate of drug-likeness (QED) is 0.405. The number of aliphatic hydroxyl groups is 2. The predicted molar refractivity (Wildman–Crippen MR) is 88.8 cm³/mol. The molecule has 5 N–H and O–H groups in total. The summed E-state index contributed by atoms with van der Waals surface area (Å²) >= 11 is 0. The third-order valence-corrected chi connectivity index (χ3v) is 3.54. The fourth-order valence-corrected chi connectivity index (χ4v) is 2.34. The van der Waals surface area contributed by atoms with E-state index < -0.39 is 12.7 Å². The van der Waals surface area contributed by atoms with Gasteiger partial charge in [-0.05, 0) is 35.4 Å². The molecule has 2 aromatic rings. The van der Waals surface area contributed by atoms with Crippen LogP contribution in [0.1, 0.15) is 11.1 Å². The number of hydrogen-bond donors (Lipinski definition) is 5. The summed E-state index contributed by atoms with van der Waals surface area (Å²) in [5.74, 6) is -0.560. The average Bonchev–Trinajstić information content (AvgIpc) is 2.56. The third kappa shape index (κ3) is 3.92. The summed E-state index contributed by atoms with van der Waals surface area (Å²) in [6, 6.07) is 7.16. The van der Waals surface area contributed by atoms with Crippen LogP contribution in [0.15, 0.2) is 36.4 Å². The number of benzene rings is 2. The van der Waals surface area contributed by atoms with Gasteiger partial charge in [0.05, 0.1) is 12.7 Å². The highest BCUT2D eigenvalue weighted by atomic mass is 16.3. The summed E-state index contributed by atoms with van der Waals surface area (Å²) in [6.45, 7) is -0.465. The molecule has 0 amide bonds. The Labute approximate surface area is 138 Å². The first-order chi connectivity index (χ1) is 11.5. The summed E-state index contributed by atoms with van der Waals surface area (Å²) in [7, 11) is 0. The molecule has 2 rings (SSSR count). The van der Waals surface area contributed by atoms with Gasteiger partial charge in [-0.1, -0.05) is 12.1 Å². The fourth-order valence-electron chi connectivity index (χ4n) is 2.34. The van der Waals surface area contributed by atoms with Crippen molar-refractivity contribution in [2.45, 2.75) is 12.5 Å². The molecule has 6 heteroatoms. The van der Waals surface area contributed by atoms with Gasteiger partial charge in [0.25, 0.3) is 0 Å². The number of rotatable bonds is 6. The van der Waals surface area contributed by atoms with E-state index >= 15 is 0 Å². The van der Waals surface area contributed by atoms with Crippen LogP contribution in [0.4, 0.5) is 0 Å². The van der Waals surface area contributed by atoms with Crippen LogP contribution in [0.5, 0.6) is 17.2 Å². The first-order valence-corrected chi connectivity index (χ1v) is 7.25. The van der Waals surface area contributed by atoms with Crippen molar-refractivity contribution < 1.29 is 30.3 Å². The minimum absolute atomic E-state index is 0.0128. The van der Waals surface area contributed by atoms with Crippen LogP contribution in [0.2, 0.25) is 0 Å². The van der Waals surface area contributed by atoms with Crippen LogP contribution in [0.3, 0.4) is 0 Å². The van der Waals surface area contributed by atoms with Crippen LogP contribution in [0, 0.1) is 0 Å². The van der Waals surface area contributed by atoms with Gasteiger partial charge in [0, 0.05) is 23.6 Å². The predicted octanol–water partition coefficient (Wildman–Crippen LogP) is 1.58. The second-order valence-corrected chi connectivity index (χ2v) is 5.31. The second-order valence-electron chi connectivity index (χ2n) is 5.31. The molecule has 0 saturated carbocycles. The smallest absolute Gasteiger partial charge is 0.142 e. The monoisotopic (exact) mass is 330 g/mol. The molecule has 24 heavy (non-hydrogen) atoms. The molecular weight excluding hydrogens is 312 g/mol. The zero-order chi connectivity index (χ0) is 17.7. The Balaban J connectivity index is 2.53. The second kappa shape index (κ2) is 7.63. The Bertz CT molecular complexity index is 766.